The van der Waals surface area contributed by atoms with Gasteiger partial charge in [-0.1, -0.05) is 0 Å². The maximum Gasteiger partial charge on any atom is 0.310 e. The highest BCUT2D eigenvalue weighted by Gasteiger charge is 2.12. The Balaban J connectivity index is 2.98. The number of benzene rings is 1. The Bertz CT molecular complexity index is 363. The van der Waals surface area contributed by atoms with Crippen LogP contribution in [0.4, 0.5) is 13.2 Å². The predicted molar refractivity (Wildman–Crippen MR) is 42.0 cm³/mol. The van der Waals surface area contributed by atoms with Crippen molar-refractivity contribution in [2.24, 2.45) is 0 Å². The Morgan fingerprint density at radius 2 is 1.79 bits per heavy atom. The minimum atomic E-state index is -1.28. The molecule has 0 aliphatic heterocycles. The number of carbonyl (C=O) groups excluding carboxylic acids is 1. The molecule has 0 amide bonds. The SMILES string of the molecule is COC(=O)Cc1cc(F)c(F)cc1F. The molecule has 1 aromatic rings. The van der Waals surface area contributed by atoms with E-state index in [2.05, 4.69) is 4.74 Å². The first-order chi connectivity index (χ1) is 6.54. The first-order valence-corrected chi connectivity index (χ1v) is 3.75. The molecule has 2 nitrogen and oxygen atoms in total. The second-order valence-electron chi connectivity index (χ2n) is 2.61. The lowest BCUT2D eigenvalue weighted by Crippen LogP contribution is -2.07. The van der Waals surface area contributed by atoms with Crippen LogP contribution < -0.4 is 0 Å². The van der Waals surface area contributed by atoms with E-state index in [0.29, 0.717) is 12.1 Å². The zero-order valence-corrected chi connectivity index (χ0v) is 7.31. The average molecular weight is 204 g/mol. The van der Waals surface area contributed by atoms with Gasteiger partial charge in [-0.3, -0.25) is 4.79 Å². The summed E-state index contributed by atoms with van der Waals surface area (Å²) in [4.78, 5) is 10.7. The predicted octanol–water partition coefficient (Wildman–Crippen LogP) is 1.82. The van der Waals surface area contributed by atoms with Gasteiger partial charge < -0.3 is 4.74 Å². The van der Waals surface area contributed by atoms with Gasteiger partial charge in [0.2, 0.25) is 0 Å². The monoisotopic (exact) mass is 204 g/mol. The fraction of sp³-hybridized carbons (Fsp3) is 0.222. The van der Waals surface area contributed by atoms with Gasteiger partial charge in [-0.2, -0.15) is 0 Å². The van der Waals surface area contributed by atoms with E-state index >= 15 is 0 Å². The van der Waals surface area contributed by atoms with Crippen molar-refractivity contribution in [3.63, 3.8) is 0 Å². The maximum absolute atomic E-state index is 12.9. The van der Waals surface area contributed by atoms with Crippen molar-refractivity contribution >= 4 is 5.97 Å². The third kappa shape index (κ3) is 2.25. The first kappa shape index (κ1) is 10.6. The molecule has 1 aromatic carbocycles. The summed E-state index contributed by atoms with van der Waals surface area (Å²) in [5.41, 5.74) is -0.226. The molecule has 0 fully saturated rings. The molecule has 0 aliphatic rings. The van der Waals surface area contributed by atoms with Crippen LogP contribution in [-0.4, -0.2) is 13.1 Å². The van der Waals surface area contributed by atoms with Crippen LogP contribution in [0.25, 0.3) is 0 Å². The van der Waals surface area contributed by atoms with E-state index in [0.717, 1.165) is 7.11 Å². The Morgan fingerprint density at radius 3 is 2.36 bits per heavy atom. The number of esters is 1. The number of methoxy groups -OCH3 is 1. The van der Waals surface area contributed by atoms with Crippen molar-refractivity contribution in [3.05, 3.63) is 35.1 Å². The molecular formula is C9H7F3O2. The fourth-order valence-corrected chi connectivity index (χ4v) is 0.927. The Labute approximate surface area is 78.3 Å². The summed E-state index contributed by atoms with van der Waals surface area (Å²) in [6.07, 6.45) is -0.417. The van der Waals surface area contributed by atoms with Crippen molar-refractivity contribution in [1.29, 1.82) is 0 Å². The van der Waals surface area contributed by atoms with Crippen LogP contribution in [0.3, 0.4) is 0 Å². The normalized spacial score (nSPS) is 10.0. The second-order valence-corrected chi connectivity index (χ2v) is 2.61. The molecule has 0 unspecified atom stereocenters. The highest BCUT2D eigenvalue weighted by atomic mass is 19.2. The number of carbonyl (C=O) groups is 1. The van der Waals surface area contributed by atoms with Crippen LogP contribution in [0.5, 0.6) is 0 Å². The van der Waals surface area contributed by atoms with E-state index in [1.807, 2.05) is 0 Å². The molecule has 0 spiro atoms. The van der Waals surface area contributed by atoms with E-state index in [1.165, 1.54) is 0 Å². The summed E-state index contributed by atoms with van der Waals surface area (Å²) in [7, 11) is 1.13. The molecule has 0 radical (unpaired) electrons. The first-order valence-electron chi connectivity index (χ1n) is 3.75. The third-order valence-corrected chi connectivity index (χ3v) is 1.65. The van der Waals surface area contributed by atoms with Crippen molar-refractivity contribution in [2.75, 3.05) is 7.11 Å². The summed E-state index contributed by atoms with van der Waals surface area (Å²) < 4.78 is 42.2. The molecule has 0 saturated carbocycles. The third-order valence-electron chi connectivity index (χ3n) is 1.65. The van der Waals surface area contributed by atoms with Gasteiger partial charge in [-0.05, 0) is 6.07 Å². The molecule has 0 saturated heterocycles. The van der Waals surface area contributed by atoms with E-state index in [1.54, 1.807) is 0 Å². The van der Waals surface area contributed by atoms with Gasteiger partial charge >= 0.3 is 5.97 Å². The van der Waals surface area contributed by atoms with Gasteiger partial charge in [0, 0.05) is 11.6 Å². The molecule has 5 heteroatoms. The Morgan fingerprint density at radius 1 is 1.21 bits per heavy atom. The van der Waals surface area contributed by atoms with Gasteiger partial charge in [0.05, 0.1) is 13.5 Å². The minimum absolute atomic E-state index is 0.226. The maximum atomic E-state index is 12.9. The fourth-order valence-electron chi connectivity index (χ4n) is 0.927. The summed E-state index contributed by atoms with van der Waals surface area (Å²) in [5.74, 6) is -4.15. The highest BCUT2D eigenvalue weighted by Crippen LogP contribution is 2.14. The van der Waals surface area contributed by atoms with Crippen LogP contribution in [0.15, 0.2) is 12.1 Å². The standard InChI is InChI=1S/C9H7F3O2/c1-14-9(13)3-5-2-7(11)8(12)4-6(5)10/h2,4H,3H2,1H3. The molecule has 0 N–H and O–H groups in total. The summed E-state index contributed by atoms with van der Waals surface area (Å²) in [6.45, 7) is 0. The van der Waals surface area contributed by atoms with Crippen LogP contribution in [0.1, 0.15) is 5.56 Å². The van der Waals surface area contributed by atoms with Gasteiger partial charge in [0.15, 0.2) is 11.6 Å². The van der Waals surface area contributed by atoms with E-state index in [9.17, 15) is 18.0 Å². The number of ether oxygens (including phenoxy) is 1. The van der Waals surface area contributed by atoms with Gasteiger partial charge in [0.1, 0.15) is 5.82 Å². The Kier molecular flexibility index (Phi) is 3.11. The number of hydrogen-bond acceptors (Lipinski definition) is 2. The molecule has 76 valence electrons. The molecule has 1 rings (SSSR count). The van der Waals surface area contributed by atoms with Crippen molar-refractivity contribution in [1.82, 2.24) is 0 Å². The van der Waals surface area contributed by atoms with E-state index < -0.39 is 29.8 Å². The topological polar surface area (TPSA) is 26.3 Å². The smallest absolute Gasteiger partial charge is 0.310 e. The summed E-state index contributed by atoms with van der Waals surface area (Å²) >= 11 is 0. The number of rotatable bonds is 2. The lowest BCUT2D eigenvalue weighted by atomic mass is 10.1. The van der Waals surface area contributed by atoms with Crippen molar-refractivity contribution in [2.45, 2.75) is 6.42 Å². The lowest BCUT2D eigenvalue weighted by Gasteiger charge is -2.02. The summed E-state index contributed by atoms with van der Waals surface area (Å²) in [6, 6.07) is 1.04. The second kappa shape index (κ2) is 4.13. The van der Waals surface area contributed by atoms with Crippen LogP contribution in [0, 0.1) is 17.5 Å². The Hall–Kier alpha value is -1.52. The lowest BCUT2D eigenvalue weighted by molar-refractivity contribution is -0.139. The highest BCUT2D eigenvalue weighted by molar-refractivity contribution is 5.72. The zero-order valence-electron chi connectivity index (χ0n) is 7.31. The molecule has 0 heterocycles. The van der Waals surface area contributed by atoms with Gasteiger partial charge in [0.25, 0.3) is 0 Å². The number of halogens is 3. The molecule has 0 aliphatic carbocycles. The largest absolute Gasteiger partial charge is 0.469 e. The van der Waals surface area contributed by atoms with E-state index in [-0.39, 0.29) is 5.56 Å². The molecule has 0 aromatic heterocycles. The van der Waals surface area contributed by atoms with Gasteiger partial charge in [-0.15, -0.1) is 0 Å². The molecular weight excluding hydrogens is 197 g/mol. The quantitative estimate of drug-likeness (QED) is 0.542. The van der Waals surface area contributed by atoms with Crippen molar-refractivity contribution in [3.8, 4) is 0 Å². The zero-order chi connectivity index (χ0) is 10.7. The summed E-state index contributed by atoms with van der Waals surface area (Å²) in [5, 5.41) is 0. The van der Waals surface area contributed by atoms with Crippen molar-refractivity contribution < 1.29 is 22.7 Å². The molecule has 14 heavy (non-hydrogen) atoms. The molecule has 0 atom stereocenters. The van der Waals surface area contributed by atoms with Crippen LogP contribution >= 0.6 is 0 Å². The van der Waals surface area contributed by atoms with E-state index in [4.69, 9.17) is 0 Å². The molecule has 0 bridgehead atoms. The van der Waals surface area contributed by atoms with Crippen LogP contribution in [-0.2, 0) is 16.0 Å². The van der Waals surface area contributed by atoms with Gasteiger partial charge in [-0.25, -0.2) is 13.2 Å². The minimum Gasteiger partial charge on any atom is -0.469 e. The average Bonchev–Trinajstić information content (AvgIpc) is 2.14. The van der Waals surface area contributed by atoms with Crippen LogP contribution in [0.2, 0.25) is 0 Å². The number of hydrogen-bond donors (Lipinski definition) is 0.